The van der Waals surface area contributed by atoms with Crippen molar-refractivity contribution in [1.82, 2.24) is 0 Å². The Kier molecular flexibility index (Phi) is 4.77. The van der Waals surface area contributed by atoms with E-state index >= 15 is 0 Å². The molecule has 0 N–H and O–H groups in total. The molecule has 0 aromatic heterocycles. The predicted molar refractivity (Wildman–Crippen MR) is 54.2 cm³/mol. The van der Waals surface area contributed by atoms with Crippen LogP contribution in [0.15, 0.2) is 0 Å². The van der Waals surface area contributed by atoms with E-state index in [1.807, 2.05) is 13.8 Å². The molecule has 3 nitrogen and oxygen atoms in total. The highest BCUT2D eigenvalue weighted by atomic mass is 16.7. The minimum atomic E-state index is -0.494. The third kappa shape index (κ3) is 3.99. The van der Waals surface area contributed by atoms with Crippen molar-refractivity contribution in [3.8, 4) is 0 Å². The maximum absolute atomic E-state index is 11.2. The van der Waals surface area contributed by atoms with Crippen LogP contribution >= 0.6 is 0 Å². The first-order valence-electron chi connectivity index (χ1n) is 5.59. The summed E-state index contributed by atoms with van der Waals surface area (Å²) >= 11 is 0. The lowest BCUT2D eigenvalue weighted by molar-refractivity contribution is -0.00749. The number of rotatable bonds is 3. The molecule has 0 aromatic carbocycles. The van der Waals surface area contributed by atoms with Crippen molar-refractivity contribution in [3.05, 3.63) is 0 Å². The van der Waals surface area contributed by atoms with Gasteiger partial charge in [-0.1, -0.05) is 13.3 Å². The Morgan fingerprint density at radius 1 is 1.36 bits per heavy atom. The van der Waals surface area contributed by atoms with Crippen molar-refractivity contribution >= 4 is 6.16 Å². The molecule has 0 bridgehead atoms. The lowest BCUT2D eigenvalue weighted by atomic mass is 9.98. The lowest BCUT2D eigenvalue weighted by Gasteiger charge is -2.22. The molecule has 1 aliphatic carbocycles. The molecule has 0 unspecified atom stereocenters. The van der Waals surface area contributed by atoms with E-state index in [1.165, 1.54) is 19.3 Å². The summed E-state index contributed by atoms with van der Waals surface area (Å²) in [5.74, 6) is 0. The van der Waals surface area contributed by atoms with Crippen LogP contribution in [0.4, 0.5) is 4.79 Å². The molecule has 14 heavy (non-hydrogen) atoms. The summed E-state index contributed by atoms with van der Waals surface area (Å²) in [4.78, 5) is 11.2. The fourth-order valence-electron chi connectivity index (χ4n) is 1.59. The average molecular weight is 200 g/mol. The van der Waals surface area contributed by atoms with Gasteiger partial charge in [0.1, 0.15) is 12.2 Å². The Balaban J connectivity index is 2.18. The second kappa shape index (κ2) is 5.89. The third-order valence-electron chi connectivity index (χ3n) is 2.69. The van der Waals surface area contributed by atoms with E-state index in [2.05, 4.69) is 0 Å². The molecule has 0 aliphatic heterocycles. The van der Waals surface area contributed by atoms with Crippen LogP contribution in [0.5, 0.6) is 0 Å². The quantitative estimate of drug-likeness (QED) is 0.656. The van der Waals surface area contributed by atoms with Gasteiger partial charge in [-0.2, -0.15) is 0 Å². The van der Waals surface area contributed by atoms with Gasteiger partial charge < -0.3 is 9.47 Å². The molecule has 0 aromatic rings. The monoisotopic (exact) mass is 200 g/mol. The molecule has 82 valence electrons. The number of hydrogen-bond acceptors (Lipinski definition) is 3. The van der Waals surface area contributed by atoms with Gasteiger partial charge in [-0.3, -0.25) is 0 Å². The molecule has 1 fully saturated rings. The number of hydrogen-bond donors (Lipinski definition) is 0. The Morgan fingerprint density at radius 3 is 2.57 bits per heavy atom. The van der Waals surface area contributed by atoms with Crippen molar-refractivity contribution in [2.45, 2.75) is 64.6 Å². The Labute approximate surface area is 85.8 Å². The van der Waals surface area contributed by atoms with E-state index in [0.29, 0.717) is 0 Å². The van der Waals surface area contributed by atoms with E-state index in [4.69, 9.17) is 9.47 Å². The second-order valence-corrected chi connectivity index (χ2v) is 3.96. The summed E-state index contributed by atoms with van der Waals surface area (Å²) in [7, 11) is 0. The minimum absolute atomic E-state index is 0.0360. The molecule has 3 heteroatoms. The summed E-state index contributed by atoms with van der Waals surface area (Å²) in [6.07, 6.45) is 5.99. The highest BCUT2D eigenvalue weighted by Gasteiger charge is 2.19. The van der Waals surface area contributed by atoms with Crippen molar-refractivity contribution in [3.63, 3.8) is 0 Å². The molecule has 0 amide bonds. The lowest BCUT2D eigenvalue weighted by Crippen LogP contribution is -2.23. The molecule has 0 spiro atoms. The summed E-state index contributed by atoms with van der Waals surface area (Å²) < 4.78 is 10.2. The molecular formula is C11H20O3. The highest BCUT2D eigenvalue weighted by Crippen LogP contribution is 2.20. The summed E-state index contributed by atoms with van der Waals surface area (Å²) in [6, 6.07) is 0. The van der Waals surface area contributed by atoms with Crippen molar-refractivity contribution < 1.29 is 14.3 Å². The van der Waals surface area contributed by atoms with Crippen LogP contribution in [0.1, 0.15) is 52.4 Å². The first kappa shape index (κ1) is 11.3. The fourth-order valence-corrected chi connectivity index (χ4v) is 1.59. The molecule has 0 radical (unpaired) electrons. The first-order chi connectivity index (χ1) is 6.72. The zero-order valence-corrected chi connectivity index (χ0v) is 9.12. The topological polar surface area (TPSA) is 35.5 Å². The number of carbonyl (C=O) groups excluding carboxylic acids is 1. The molecule has 1 saturated carbocycles. The highest BCUT2D eigenvalue weighted by molar-refractivity contribution is 5.60. The zero-order valence-electron chi connectivity index (χ0n) is 9.12. The zero-order chi connectivity index (χ0) is 10.4. The van der Waals surface area contributed by atoms with Crippen LogP contribution in [0.25, 0.3) is 0 Å². The van der Waals surface area contributed by atoms with E-state index in [1.54, 1.807) is 0 Å². The SMILES string of the molecule is CC[C@H](C)OC(=O)OC1CCCCC1. The van der Waals surface area contributed by atoms with Gasteiger partial charge in [0.15, 0.2) is 0 Å². The average Bonchev–Trinajstić information content (AvgIpc) is 2.19. The third-order valence-corrected chi connectivity index (χ3v) is 2.69. The summed E-state index contributed by atoms with van der Waals surface area (Å²) in [5.41, 5.74) is 0. The first-order valence-corrected chi connectivity index (χ1v) is 5.59. The smallest absolute Gasteiger partial charge is 0.431 e. The van der Waals surface area contributed by atoms with Crippen LogP contribution in [0, 0.1) is 0 Å². The Morgan fingerprint density at radius 2 is 2.00 bits per heavy atom. The van der Waals surface area contributed by atoms with Crippen LogP contribution in [-0.2, 0) is 9.47 Å². The number of ether oxygens (including phenoxy) is 2. The van der Waals surface area contributed by atoms with E-state index < -0.39 is 6.16 Å². The molecule has 1 rings (SSSR count). The van der Waals surface area contributed by atoms with Crippen LogP contribution in [-0.4, -0.2) is 18.4 Å². The van der Waals surface area contributed by atoms with Gasteiger partial charge in [-0.05, 0) is 39.0 Å². The maximum atomic E-state index is 11.2. The fraction of sp³-hybridized carbons (Fsp3) is 0.909. The van der Waals surface area contributed by atoms with E-state index in [0.717, 1.165) is 19.3 Å². The van der Waals surface area contributed by atoms with Gasteiger partial charge in [-0.15, -0.1) is 0 Å². The number of carbonyl (C=O) groups is 1. The molecule has 1 atom stereocenters. The van der Waals surface area contributed by atoms with Crippen LogP contribution in [0.2, 0.25) is 0 Å². The van der Waals surface area contributed by atoms with Gasteiger partial charge >= 0.3 is 6.16 Å². The van der Waals surface area contributed by atoms with E-state index in [-0.39, 0.29) is 12.2 Å². The van der Waals surface area contributed by atoms with Gasteiger partial charge in [0.05, 0.1) is 0 Å². The molecule has 0 heterocycles. The van der Waals surface area contributed by atoms with E-state index in [9.17, 15) is 4.79 Å². The molecular weight excluding hydrogens is 180 g/mol. The van der Waals surface area contributed by atoms with Gasteiger partial charge in [0.2, 0.25) is 0 Å². The minimum Gasteiger partial charge on any atom is -0.431 e. The van der Waals surface area contributed by atoms with Crippen LogP contribution in [0.3, 0.4) is 0 Å². The summed E-state index contributed by atoms with van der Waals surface area (Å²) in [5, 5.41) is 0. The largest absolute Gasteiger partial charge is 0.508 e. The second-order valence-electron chi connectivity index (χ2n) is 3.96. The van der Waals surface area contributed by atoms with Gasteiger partial charge in [-0.25, -0.2) is 4.79 Å². The van der Waals surface area contributed by atoms with Crippen LogP contribution < -0.4 is 0 Å². The van der Waals surface area contributed by atoms with Crippen molar-refractivity contribution in [1.29, 1.82) is 0 Å². The summed E-state index contributed by atoms with van der Waals surface area (Å²) in [6.45, 7) is 3.86. The van der Waals surface area contributed by atoms with Gasteiger partial charge in [0, 0.05) is 0 Å². The Hall–Kier alpha value is -0.730. The van der Waals surface area contributed by atoms with Crippen molar-refractivity contribution in [2.75, 3.05) is 0 Å². The predicted octanol–water partition coefficient (Wildman–Crippen LogP) is 3.27. The van der Waals surface area contributed by atoms with Crippen molar-refractivity contribution in [2.24, 2.45) is 0 Å². The van der Waals surface area contributed by atoms with Gasteiger partial charge in [0.25, 0.3) is 0 Å². The molecule has 0 saturated heterocycles. The molecule has 1 aliphatic rings. The maximum Gasteiger partial charge on any atom is 0.508 e. The Bertz CT molecular complexity index is 173. The standard InChI is InChI=1S/C11H20O3/c1-3-9(2)13-11(12)14-10-7-5-4-6-8-10/h9-10H,3-8H2,1-2H3/t9-/m0/s1. The normalized spacial score (nSPS) is 20.1.